The van der Waals surface area contributed by atoms with Crippen LogP contribution in [0.15, 0.2) is 0 Å². The molecule has 0 heterocycles. The Kier molecular flexibility index (Phi) is 3.48. The molecule has 3 heteroatoms. The highest BCUT2D eigenvalue weighted by Gasteiger charge is 2.36. The van der Waals surface area contributed by atoms with Crippen LogP contribution in [-0.2, 0) is 4.79 Å². The van der Waals surface area contributed by atoms with Crippen LogP contribution in [-0.4, -0.2) is 5.78 Å². The molecule has 15 heavy (non-hydrogen) atoms. The average Bonchev–Trinajstić information content (AvgIpc) is 2.10. The molecule has 1 aliphatic rings. The second kappa shape index (κ2) is 4.45. The summed E-state index contributed by atoms with van der Waals surface area (Å²) in [4.78, 5) is 11.5. The van der Waals surface area contributed by atoms with Crippen molar-refractivity contribution in [2.24, 2.45) is 17.3 Å². The summed E-state index contributed by atoms with van der Waals surface area (Å²) in [5, 5.41) is 17.6. The first-order chi connectivity index (χ1) is 6.98. The largest absolute Gasteiger partial charge is 0.300 e. The van der Waals surface area contributed by atoms with Crippen LogP contribution in [0.1, 0.15) is 39.5 Å². The van der Waals surface area contributed by atoms with E-state index in [0.29, 0.717) is 12.8 Å². The topological polar surface area (TPSA) is 64.7 Å². The van der Waals surface area contributed by atoms with Crippen molar-refractivity contribution in [2.45, 2.75) is 39.5 Å². The summed E-state index contributed by atoms with van der Waals surface area (Å²) >= 11 is 0. The van der Waals surface area contributed by atoms with Crippen molar-refractivity contribution in [2.75, 3.05) is 0 Å². The molecule has 0 aromatic heterocycles. The Morgan fingerprint density at radius 2 is 2.20 bits per heavy atom. The van der Waals surface area contributed by atoms with Gasteiger partial charge < -0.3 is 0 Å². The van der Waals surface area contributed by atoms with Crippen LogP contribution in [0.2, 0.25) is 0 Å². The average molecular weight is 204 g/mol. The Bertz CT molecular complexity index is 333. The van der Waals surface area contributed by atoms with Crippen molar-refractivity contribution in [1.82, 2.24) is 0 Å². The maximum Gasteiger partial charge on any atom is 0.133 e. The van der Waals surface area contributed by atoms with E-state index in [1.807, 2.05) is 6.07 Å². The fourth-order valence-electron chi connectivity index (χ4n) is 2.45. The molecule has 0 aromatic carbocycles. The van der Waals surface area contributed by atoms with Gasteiger partial charge >= 0.3 is 0 Å². The molecule has 0 radical (unpaired) electrons. The van der Waals surface area contributed by atoms with E-state index >= 15 is 0 Å². The summed E-state index contributed by atoms with van der Waals surface area (Å²) in [6, 6.07) is 4.18. The van der Waals surface area contributed by atoms with Gasteiger partial charge in [0.15, 0.2) is 0 Å². The van der Waals surface area contributed by atoms with Crippen LogP contribution in [0, 0.1) is 39.9 Å². The van der Waals surface area contributed by atoms with Crippen LogP contribution in [0.5, 0.6) is 0 Å². The molecule has 80 valence electrons. The number of nitriles is 2. The Morgan fingerprint density at radius 1 is 1.53 bits per heavy atom. The quantitative estimate of drug-likeness (QED) is 0.693. The molecule has 1 rings (SSSR count). The van der Waals surface area contributed by atoms with Gasteiger partial charge in [-0.3, -0.25) is 4.79 Å². The maximum absolute atomic E-state index is 11.5. The third-order valence-corrected chi connectivity index (χ3v) is 3.03. The lowest BCUT2D eigenvalue weighted by Gasteiger charge is -2.35. The molecule has 0 bridgehead atoms. The first-order valence-electron chi connectivity index (χ1n) is 5.27. The van der Waals surface area contributed by atoms with Crippen molar-refractivity contribution in [3.8, 4) is 12.1 Å². The number of nitrogens with zero attached hydrogens (tertiary/aromatic N) is 2. The minimum atomic E-state index is -0.279. The van der Waals surface area contributed by atoms with Crippen molar-refractivity contribution in [3.05, 3.63) is 0 Å². The summed E-state index contributed by atoms with van der Waals surface area (Å²) in [6.07, 6.45) is 2.20. The molecule has 0 aliphatic heterocycles. The van der Waals surface area contributed by atoms with Gasteiger partial charge in [-0.2, -0.15) is 10.5 Å². The Balaban J connectivity index is 2.74. The SMILES string of the molecule is CC1(C)CC(=O)C[C@H](C(C#N)CC#N)C1. The smallest absolute Gasteiger partial charge is 0.133 e. The predicted molar refractivity (Wildman–Crippen MR) is 55.5 cm³/mol. The van der Waals surface area contributed by atoms with Gasteiger partial charge in [0.25, 0.3) is 0 Å². The van der Waals surface area contributed by atoms with Crippen LogP contribution in [0.3, 0.4) is 0 Å². The van der Waals surface area contributed by atoms with Gasteiger partial charge in [-0.25, -0.2) is 0 Å². The molecule has 1 saturated carbocycles. The lowest BCUT2D eigenvalue weighted by Crippen LogP contribution is -2.32. The van der Waals surface area contributed by atoms with E-state index in [4.69, 9.17) is 10.5 Å². The summed E-state index contributed by atoms with van der Waals surface area (Å²) in [7, 11) is 0. The zero-order chi connectivity index (χ0) is 11.5. The number of hydrogen-bond donors (Lipinski definition) is 0. The fraction of sp³-hybridized carbons (Fsp3) is 0.750. The van der Waals surface area contributed by atoms with E-state index in [1.54, 1.807) is 0 Å². The Labute approximate surface area is 90.7 Å². The highest BCUT2D eigenvalue weighted by molar-refractivity contribution is 5.80. The number of hydrogen-bond acceptors (Lipinski definition) is 3. The van der Waals surface area contributed by atoms with E-state index in [0.717, 1.165) is 6.42 Å². The van der Waals surface area contributed by atoms with E-state index in [1.165, 1.54) is 0 Å². The van der Waals surface area contributed by atoms with E-state index in [-0.39, 0.29) is 29.5 Å². The summed E-state index contributed by atoms with van der Waals surface area (Å²) in [5.74, 6) is 0.0267. The molecule has 0 N–H and O–H groups in total. The highest BCUT2D eigenvalue weighted by Crippen LogP contribution is 2.40. The van der Waals surface area contributed by atoms with Crippen LogP contribution in [0.4, 0.5) is 0 Å². The highest BCUT2D eigenvalue weighted by atomic mass is 16.1. The van der Waals surface area contributed by atoms with Crippen molar-refractivity contribution < 1.29 is 4.79 Å². The van der Waals surface area contributed by atoms with Gasteiger partial charge in [0.2, 0.25) is 0 Å². The first kappa shape index (κ1) is 11.7. The lowest BCUT2D eigenvalue weighted by atomic mass is 9.67. The second-order valence-electron chi connectivity index (χ2n) is 5.15. The van der Waals surface area contributed by atoms with Gasteiger partial charge in [0.05, 0.1) is 24.5 Å². The van der Waals surface area contributed by atoms with Crippen LogP contribution < -0.4 is 0 Å². The molecule has 1 fully saturated rings. The number of carbonyl (C=O) groups is 1. The summed E-state index contributed by atoms with van der Waals surface area (Å²) < 4.78 is 0. The van der Waals surface area contributed by atoms with Gasteiger partial charge in [-0.1, -0.05) is 13.8 Å². The Morgan fingerprint density at radius 3 is 2.67 bits per heavy atom. The molecular formula is C12H16N2O. The zero-order valence-corrected chi connectivity index (χ0v) is 9.29. The molecular weight excluding hydrogens is 188 g/mol. The second-order valence-corrected chi connectivity index (χ2v) is 5.15. The molecule has 0 aromatic rings. The summed E-state index contributed by atoms with van der Waals surface area (Å²) in [6.45, 7) is 4.11. The standard InChI is InChI=1S/C12H16N2O/c1-12(2)6-10(5-11(15)7-12)9(8-14)3-4-13/h9-10H,3,5-7H2,1-2H3/t9?,10-/m0/s1. The van der Waals surface area contributed by atoms with Crippen LogP contribution >= 0.6 is 0 Å². The summed E-state index contributed by atoms with van der Waals surface area (Å²) in [5.41, 5.74) is -0.00937. The monoisotopic (exact) mass is 204 g/mol. The minimum Gasteiger partial charge on any atom is -0.300 e. The molecule has 0 saturated heterocycles. The van der Waals surface area contributed by atoms with Crippen molar-refractivity contribution >= 4 is 5.78 Å². The number of rotatable bonds is 2. The predicted octanol–water partition coefficient (Wildman–Crippen LogP) is 2.44. The van der Waals surface area contributed by atoms with E-state index in [9.17, 15) is 4.79 Å². The fourth-order valence-corrected chi connectivity index (χ4v) is 2.45. The first-order valence-corrected chi connectivity index (χ1v) is 5.27. The van der Waals surface area contributed by atoms with Crippen LogP contribution in [0.25, 0.3) is 0 Å². The number of ketones is 1. The van der Waals surface area contributed by atoms with E-state index in [2.05, 4.69) is 19.9 Å². The zero-order valence-electron chi connectivity index (χ0n) is 9.29. The number of Topliss-reactive ketones (excluding diaryl/α,β-unsaturated/α-hetero) is 1. The number of carbonyl (C=O) groups excluding carboxylic acids is 1. The molecule has 3 nitrogen and oxygen atoms in total. The van der Waals surface area contributed by atoms with Gasteiger partial charge in [0, 0.05) is 12.8 Å². The normalized spacial score (nSPS) is 26.4. The van der Waals surface area contributed by atoms with Gasteiger partial charge in [-0.05, 0) is 17.8 Å². The maximum atomic E-state index is 11.5. The third kappa shape index (κ3) is 3.06. The van der Waals surface area contributed by atoms with E-state index < -0.39 is 0 Å². The van der Waals surface area contributed by atoms with Crippen molar-refractivity contribution in [1.29, 1.82) is 10.5 Å². The third-order valence-electron chi connectivity index (χ3n) is 3.03. The van der Waals surface area contributed by atoms with Gasteiger partial charge in [0.1, 0.15) is 5.78 Å². The molecule has 0 spiro atoms. The van der Waals surface area contributed by atoms with Gasteiger partial charge in [-0.15, -0.1) is 0 Å². The molecule has 0 amide bonds. The molecule has 1 unspecified atom stereocenters. The Hall–Kier alpha value is -1.35. The minimum absolute atomic E-state index is 0.00937. The van der Waals surface area contributed by atoms with Crippen molar-refractivity contribution in [3.63, 3.8) is 0 Å². The lowest BCUT2D eigenvalue weighted by molar-refractivity contribution is -0.125. The molecule has 1 aliphatic carbocycles. The molecule has 2 atom stereocenters.